The van der Waals surface area contributed by atoms with Crippen molar-refractivity contribution in [2.75, 3.05) is 6.54 Å². The minimum absolute atomic E-state index is 0.0290. The maximum atomic E-state index is 14.5. The Morgan fingerprint density at radius 2 is 1.80 bits per heavy atom. The van der Waals surface area contributed by atoms with E-state index in [1.54, 1.807) is 63.2 Å². The highest BCUT2D eigenvalue weighted by atomic mass is 35.5. The number of carbonyl (C=O) groups excluding carboxylic acids is 5. The summed E-state index contributed by atoms with van der Waals surface area (Å²) in [4.78, 5) is 74.9. The van der Waals surface area contributed by atoms with Crippen molar-refractivity contribution in [2.24, 2.45) is 10.6 Å². The number of oxime groups is 1. The number of alkyl carbamates (subject to hydrolysis) is 1. The molecule has 0 bridgehead atoms. The smallest absolute Gasteiger partial charge is 0.408 e. The highest BCUT2D eigenvalue weighted by Gasteiger charge is 2.55. The van der Waals surface area contributed by atoms with E-state index in [-0.39, 0.29) is 38.5 Å². The Balaban J connectivity index is 1.38. The van der Waals surface area contributed by atoms with Gasteiger partial charge in [-0.05, 0) is 42.9 Å². The summed E-state index contributed by atoms with van der Waals surface area (Å²) in [6.07, 6.45) is 1.85. The van der Waals surface area contributed by atoms with Gasteiger partial charge < -0.3 is 30.4 Å². The van der Waals surface area contributed by atoms with Crippen LogP contribution in [0.1, 0.15) is 77.3 Å². The van der Waals surface area contributed by atoms with E-state index in [1.165, 1.54) is 4.90 Å². The van der Waals surface area contributed by atoms with Gasteiger partial charge in [-0.3, -0.25) is 19.2 Å². The van der Waals surface area contributed by atoms with Gasteiger partial charge in [0.2, 0.25) is 17.6 Å². The molecule has 1 saturated heterocycles. The molecular formula is C36H43Cl2N5O7. The molecule has 2 fully saturated rings. The molecule has 2 aliphatic heterocycles. The zero-order valence-corrected chi connectivity index (χ0v) is 30.1. The number of rotatable bonds is 12. The molecule has 1 aliphatic carbocycles. The van der Waals surface area contributed by atoms with Crippen LogP contribution in [-0.4, -0.2) is 76.5 Å². The molecule has 2 aromatic carbocycles. The number of carbonyl (C=O) groups is 5. The summed E-state index contributed by atoms with van der Waals surface area (Å²) in [5.74, 6) is -2.64. The summed E-state index contributed by atoms with van der Waals surface area (Å²) in [5, 5.41) is 13.4. The van der Waals surface area contributed by atoms with Crippen LogP contribution in [0.25, 0.3) is 0 Å². The lowest BCUT2D eigenvalue weighted by Gasteiger charge is -2.35. The Morgan fingerprint density at radius 3 is 2.46 bits per heavy atom. The second-order valence-electron chi connectivity index (χ2n) is 14.3. The largest absolute Gasteiger partial charge is 0.445 e. The lowest BCUT2D eigenvalue weighted by molar-refractivity contribution is -0.144. The summed E-state index contributed by atoms with van der Waals surface area (Å²) in [5.41, 5.74) is 0.0433. The van der Waals surface area contributed by atoms with E-state index in [9.17, 15) is 24.0 Å². The van der Waals surface area contributed by atoms with Crippen LogP contribution in [0.3, 0.4) is 0 Å². The van der Waals surface area contributed by atoms with Crippen molar-refractivity contribution in [3.05, 3.63) is 69.7 Å². The van der Waals surface area contributed by atoms with E-state index in [2.05, 4.69) is 21.1 Å². The predicted molar refractivity (Wildman–Crippen MR) is 188 cm³/mol. The first-order chi connectivity index (χ1) is 23.7. The average molecular weight is 729 g/mol. The molecule has 0 aromatic heterocycles. The second-order valence-corrected chi connectivity index (χ2v) is 15.1. The summed E-state index contributed by atoms with van der Waals surface area (Å²) in [7, 11) is 0. The van der Waals surface area contributed by atoms with Crippen LogP contribution < -0.4 is 16.0 Å². The molecule has 268 valence electrons. The SMILES string of the molecule is CCC[C@H](NC(=O)[C@@H]1CC2(CC(c3cccc(Cl)c3)=NO2)CN1C(=O)[C@@H](NC(=O)OCc1ccccc1Cl)C(C)(C)C)C(=O)C(=O)NC1CC1. The third-order valence-corrected chi connectivity index (χ3v) is 9.63. The zero-order valence-electron chi connectivity index (χ0n) is 28.6. The quantitative estimate of drug-likeness (QED) is 0.262. The molecule has 50 heavy (non-hydrogen) atoms. The van der Waals surface area contributed by atoms with Crippen molar-refractivity contribution in [1.29, 1.82) is 0 Å². The van der Waals surface area contributed by atoms with Crippen molar-refractivity contribution < 1.29 is 33.5 Å². The van der Waals surface area contributed by atoms with Crippen LogP contribution >= 0.6 is 23.2 Å². The second kappa shape index (κ2) is 15.4. The zero-order chi connectivity index (χ0) is 36.2. The first-order valence-electron chi connectivity index (χ1n) is 16.8. The number of nitrogens with zero attached hydrogens (tertiary/aromatic N) is 2. The third-order valence-electron chi connectivity index (χ3n) is 9.02. The minimum Gasteiger partial charge on any atom is -0.445 e. The van der Waals surface area contributed by atoms with E-state index >= 15 is 0 Å². The number of ketones is 1. The predicted octanol–water partition coefficient (Wildman–Crippen LogP) is 4.93. The van der Waals surface area contributed by atoms with Crippen molar-refractivity contribution in [2.45, 2.75) is 103 Å². The molecule has 2 aromatic rings. The molecule has 1 unspecified atom stereocenters. The lowest BCUT2D eigenvalue weighted by atomic mass is 9.85. The topological polar surface area (TPSA) is 156 Å². The van der Waals surface area contributed by atoms with E-state index < -0.39 is 58.7 Å². The number of likely N-dealkylation sites (tertiary alicyclic amines) is 1. The normalized spacial score (nSPS) is 21.1. The van der Waals surface area contributed by atoms with Gasteiger partial charge in [0.25, 0.3) is 5.91 Å². The van der Waals surface area contributed by atoms with Crippen molar-refractivity contribution >= 4 is 58.5 Å². The molecule has 1 saturated carbocycles. The number of Topliss-reactive ketones (excluding diaryl/α,β-unsaturated/α-hetero) is 1. The maximum absolute atomic E-state index is 14.5. The van der Waals surface area contributed by atoms with E-state index in [1.807, 2.05) is 13.0 Å². The molecular weight excluding hydrogens is 685 g/mol. The summed E-state index contributed by atoms with van der Waals surface area (Å²) in [6.45, 7) is 7.04. The van der Waals surface area contributed by atoms with Gasteiger partial charge in [-0.2, -0.15) is 0 Å². The van der Waals surface area contributed by atoms with Gasteiger partial charge in [0.05, 0.1) is 18.3 Å². The Morgan fingerprint density at radius 1 is 1.06 bits per heavy atom. The summed E-state index contributed by atoms with van der Waals surface area (Å²) >= 11 is 12.5. The monoisotopic (exact) mass is 727 g/mol. The number of halogens is 2. The van der Waals surface area contributed by atoms with Crippen molar-refractivity contribution in [3.63, 3.8) is 0 Å². The molecule has 2 heterocycles. The summed E-state index contributed by atoms with van der Waals surface area (Å²) in [6, 6.07) is 10.7. The van der Waals surface area contributed by atoms with Gasteiger partial charge in [-0.1, -0.05) is 92.8 Å². The van der Waals surface area contributed by atoms with Crippen LogP contribution in [-0.2, 0) is 35.4 Å². The maximum Gasteiger partial charge on any atom is 0.408 e. The molecule has 4 amide bonds. The van der Waals surface area contributed by atoms with Gasteiger partial charge in [-0.25, -0.2) is 4.79 Å². The molecule has 3 aliphatic rings. The number of hydrogen-bond acceptors (Lipinski definition) is 8. The van der Waals surface area contributed by atoms with Crippen molar-refractivity contribution in [3.8, 4) is 0 Å². The fourth-order valence-corrected chi connectivity index (χ4v) is 6.53. The molecule has 0 radical (unpaired) electrons. The first kappa shape index (κ1) is 37.1. The van der Waals surface area contributed by atoms with Gasteiger partial charge in [0.15, 0.2) is 5.60 Å². The van der Waals surface area contributed by atoms with Crippen molar-refractivity contribution in [1.82, 2.24) is 20.9 Å². The Hall–Kier alpha value is -4.16. The highest BCUT2D eigenvalue weighted by molar-refractivity contribution is 6.38. The third kappa shape index (κ3) is 8.95. The molecule has 1 spiro atoms. The van der Waals surface area contributed by atoms with Crippen LogP contribution in [0.4, 0.5) is 4.79 Å². The number of amides is 4. The molecule has 12 nitrogen and oxygen atoms in total. The van der Waals surface area contributed by atoms with Gasteiger partial charge in [0.1, 0.15) is 18.7 Å². The molecule has 4 atom stereocenters. The molecule has 3 N–H and O–H groups in total. The fraction of sp³-hybridized carbons (Fsp3) is 0.500. The number of hydrogen-bond donors (Lipinski definition) is 3. The van der Waals surface area contributed by atoms with Crippen LogP contribution in [0, 0.1) is 5.41 Å². The first-order valence-corrected chi connectivity index (χ1v) is 17.6. The van der Waals surface area contributed by atoms with Gasteiger partial charge in [-0.15, -0.1) is 0 Å². The molecule has 5 rings (SSSR count). The number of ether oxygens (including phenoxy) is 1. The minimum atomic E-state index is -1.13. The van der Waals surface area contributed by atoms with Crippen LogP contribution in [0.2, 0.25) is 10.0 Å². The highest BCUT2D eigenvalue weighted by Crippen LogP contribution is 2.40. The van der Waals surface area contributed by atoms with E-state index in [0.717, 1.165) is 18.4 Å². The van der Waals surface area contributed by atoms with E-state index in [0.29, 0.717) is 27.7 Å². The van der Waals surface area contributed by atoms with Crippen LogP contribution in [0.5, 0.6) is 0 Å². The summed E-state index contributed by atoms with van der Waals surface area (Å²) < 4.78 is 5.43. The Bertz CT molecular complexity index is 1670. The fourth-order valence-electron chi connectivity index (χ4n) is 6.15. The average Bonchev–Trinajstić information content (AvgIpc) is 3.66. The lowest BCUT2D eigenvalue weighted by Crippen LogP contribution is -2.59. The Labute approximate surface area is 301 Å². The Kier molecular flexibility index (Phi) is 11.4. The van der Waals surface area contributed by atoms with E-state index in [4.69, 9.17) is 32.8 Å². The van der Waals surface area contributed by atoms with Crippen LogP contribution in [0.15, 0.2) is 53.7 Å². The number of nitrogens with one attached hydrogen (secondary N) is 3. The molecule has 14 heteroatoms. The van der Waals surface area contributed by atoms with Gasteiger partial charge >= 0.3 is 6.09 Å². The van der Waals surface area contributed by atoms with Gasteiger partial charge in [0, 0.05) is 40.1 Å². The number of benzene rings is 2. The standard InChI is InChI=1S/C36H43Cl2N5O7/c1-5-9-26(29(44)32(46)39-24-14-15-24)40-31(45)28-18-36(17-27(42-50-36)21-11-8-12-23(37)16-21)20-43(28)33(47)30(35(2,3)4)41-34(48)49-19-22-10-6-7-13-25(22)38/h6-8,10-13,16,24,26,28,30H,5,9,14-15,17-20H2,1-4H3,(H,39,46)(H,40,45)(H,41,48)/t26-,28-,30+,36?/m0/s1.